The lowest BCUT2D eigenvalue weighted by Crippen LogP contribution is -2.37. The number of hydrogen-bond acceptors (Lipinski definition) is 6. The predicted molar refractivity (Wildman–Crippen MR) is 122 cm³/mol. The molecule has 1 aliphatic heterocycles. The van der Waals surface area contributed by atoms with Crippen molar-refractivity contribution in [1.82, 2.24) is 14.6 Å². The Morgan fingerprint density at radius 1 is 1.46 bits per heavy atom. The standard InChI is InChI=1S/C19H21N5OS3/c1-3-10-23-14(2)5-6-15-12-16(7-8-17(15)23)22-19(25)20-9-4-11-27-24-21-13-18(26)28-24/h1,5-8,12,21H,4,9-11,13H2,2H3,(H-,20,22,25)/p+1. The lowest BCUT2D eigenvalue weighted by molar-refractivity contribution is -0.664. The summed E-state index contributed by atoms with van der Waals surface area (Å²) in [5, 5.41) is 6.81. The Kier molecular flexibility index (Phi) is 7.53. The number of nitrogens with zero attached hydrogens (tertiary/aromatic N) is 2. The zero-order chi connectivity index (χ0) is 19.9. The van der Waals surface area contributed by atoms with Crippen molar-refractivity contribution in [1.29, 1.82) is 0 Å². The van der Waals surface area contributed by atoms with E-state index in [0.717, 1.165) is 45.2 Å². The van der Waals surface area contributed by atoms with Gasteiger partial charge >= 0.3 is 6.03 Å². The average molecular weight is 433 g/mol. The van der Waals surface area contributed by atoms with Gasteiger partial charge in [-0.15, -0.1) is 10.2 Å². The number of terminal acetylenes is 1. The normalized spacial score (nSPS) is 14.2. The van der Waals surface area contributed by atoms with Crippen LogP contribution in [0, 0.1) is 19.3 Å². The molecule has 1 saturated heterocycles. The number of nitrogens with one attached hydrogen (secondary N) is 3. The van der Waals surface area contributed by atoms with E-state index >= 15 is 0 Å². The van der Waals surface area contributed by atoms with Crippen molar-refractivity contribution in [3.8, 4) is 12.3 Å². The van der Waals surface area contributed by atoms with E-state index in [4.69, 9.17) is 18.6 Å². The van der Waals surface area contributed by atoms with Gasteiger partial charge in [-0.1, -0.05) is 24.2 Å². The van der Waals surface area contributed by atoms with Gasteiger partial charge in [0.05, 0.1) is 10.7 Å². The SMILES string of the molecule is C#CC[n+]1c(C)ccc2cc(NC(=O)NCCCSN3NCC(=S)S3)ccc21. The molecular formula is C19H22N5OS3+. The molecular weight excluding hydrogens is 410 g/mol. The number of thiocarbonyl (C=S) groups is 1. The Balaban J connectivity index is 1.47. The second-order valence-electron chi connectivity index (χ2n) is 6.16. The molecule has 3 rings (SSSR count). The Hall–Kier alpha value is -1.83. The first kappa shape index (κ1) is 20.9. The van der Waals surface area contributed by atoms with Gasteiger partial charge in [-0.25, -0.2) is 10.2 Å². The van der Waals surface area contributed by atoms with Gasteiger partial charge in [0.25, 0.3) is 0 Å². The zero-order valence-electron chi connectivity index (χ0n) is 15.5. The number of urea groups is 1. The third-order valence-corrected chi connectivity index (χ3v) is 6.49. The summed E-state index contributed by atoms with van der Waals surface area (Å²) in [6.07, 6.45) is 6.34. The second-order valence-corrected chi connectivity index (χ2v) is 9.22. The molecule has 0 aliphatic carbocycles. The first-order valence-corrected chi connectivity index (χ1v) is 11.0. The zero-order valence-corrected chi connectivity index (χ0v) is 18.0. The maximum Gasteiger partial charge on any atom is 0.319 e. The second kappa shape index (κ2) is 10.1. The molecule has 3 N–H and O–H groups in total. The highest BCUT2D eigenvalue weighted by Crippen LogP contribution is 2.25. The molecule has 2 amide bonds. The first-order valence-electron chi connectivity index (χ1n) is 8.85. The maximum atomic E-state index is 12.1. The van der Waals surface area contributed by atoms with Crippen LogP contribution in [0.1, 0.15) is 12.1 Å². The molecule has 0 radical (unpaired) electrons. The maximum absolute atomic E-state index is 12.1. The Labute approximate surface area is 179 Å². The van der Waals surface area contributed by atoms with Crippen molar-refractivity contribution in [3.05, 3.63) is 36.0 Å². The summed E-state index contributed by atoms with van der Waals surface area (Å²) < 4.78 is 4.99. The van der Waals surface area contributed by atoms with Gasteiger partial charge in [0.15, 0.2) is 5.69 Å². The minimum Gasteiger partial charge on any atom is -0.338 e. The molecule has 1 aromatic heterocycles. The Morgan fingerprint density at radius 3 is 3.07 bits per heavy atom. The fraction of sp³-hybridized carbons (Fsp3) is 0.316. The number of carbonyl (C=O) groups is 1. The molecule has 1 fully saturated rings. The number of hydrogen-bond donors (Lipinski definition) is 3. The molecule has 0 bridgehead atoms. The summed E-state index contributed by atoms with van der Waals surface area (Å²) in [5.74, 6) is 3.58. The minimum absolute atomic E-state index is 0.206. The summed E-state index contributed by atoms with van der Waals surface area (Å²) in [6, 6.07) is 9.69. The number of carbonyl (C=O) groups excluding carboxylic acids is 1. The number of aryl methyl sites for hydroxylation is 1. The molecule has 1 aliphatic rings. The van der Waals surface area contributed by atoms with Gasteiger partial charge in [-0.2, -0.15) is 4.57 Å². The van der Waals surface area contributed by atoms with Crippen LogP contribution in [0.2, 0.25) is 0 Å². The molecule has 1 aromatic carbocycles. The third-order valence-electron chi connectivity index (χ3n) is 4.11. The van der Waals surface area contributed by atoms with Gasteiger partial charge < -0.3 is 10.6 Å². The quantitative estimate of drug-likeness (QED) is 0.206. The van der Waals surface area contributed by atoms with Crippen molar-refractivity contribution in [3.63, 3.8) is 0 Å². The van der Waals surface area contributed by atoms with E-state index in [9.17, 15) is 4.79 Å². The van der Waals surface area contributed by atoms with Crippen molar-refractivity contribution in [2.24, 2.45) is 0 Å². The number of rotatable bonds is 7. The highest BCUT2D eigenvalue weighted by atomic mass is 32.2. The molecule has 6 nitrogen and oxygen atoms in total. The lowest BCUT2D eigenvalue weighted by Gasteiger charge is -2.12. The van der Waals surface area contributed by atoms with Gasteiger partial charge in [0.2, 0.25) is 12.1 Å². The van der Waals surface area contributed by atoms with E-state index in [0.29, 0.717) is 13.1 Å². The number of pyridine rings is 1. The van der Waals surface area contributed by atoms with Crippen LogP contribution in [0.5, 0.6) is 0 Å². The molecule has 2 heterocycles. The van der Waals surface area contributed by atoms with Crippen LogP contribution in [0.15, 0.2) is 30.3 Å². The lowest BCUT2D eigenvalue weighted by atomic mass is 10.1. The molecule has 2 aromatic rings. The predicted octanol–water partition coefficient (Wildman–Crippen LogP) is 3.02. The fourth-order valence-electron chi connectivity index (χ4n) is 2.76. The van der Waals surface area contributed by atoms with Gasteiger partial charge in [-0.05, 0) is 42.5 Å². The van der Waals surface area contributed by atoms with Crippen LogP contribution in [-0.2, 0) is 6.54 Å². The molecule has 9 heteroatoms. The summed E-state index contributed by atoms with van der Waals surface area (Å²) in [7, 11) is 0. The van der Waals surface area contributed by atoms with Crippen molar-refractivity contribution < 1.29 is 9.36 Å². The number of amides is 2. The van der Waals surface area contributed by atoms with Crippen molar-refractivity contribution in [2.45, 2.75) is 19.9 Å². The number of fused-ring (bicyclic) bond motifs is 1. The van der Waals surface area contributed by atoms with Crippen LogP contribution in [-0.4, -0.2) is 32.9 Å². The summed E-state index contributed by atoms with van der Waals surface area (Å²) in [4.78, 5) is 12.1. The van der Waals surface area contributed by atoms with Crippen LogP contribution < -0.4 is 20.6 Å². The topological polar surface area (TPSA) is 60.3 Å². The first-order chi connectivity index (χ1) is 13.6. The molecule has 146 valence electrons. The monoisotopic (exact) mass is 432 g/mol. The number of benzene rings is 1. The van der Waals surface area contributed by atoms with E-state index in [1.54, 1.807) is 23.9 Å². The minimum atomic E-state index is -0.206. The van der Waals surface area contributed by atoms with E-state index in [-0.39, 0.29) is 6.03 Å². The molecule has 0 atom stereocenters. The summed E-state index contributed by atoms with van der Waals surface area (Å²) >= 11 is 8.32. The van der Waals surface area contributed by atoms with Crippen molar-refractivity contribution in [2.75, 3.05) is 24.2 Å². The number of anilines is 1. The largest absolute Gasteiger partial charge is 0.338 e. The van der Waals surface area contributed by atoms with Crippen LogP contribution >= 0.6 is 36.1 Å². The average Bonchev–Trinajstić information content (AvgIpc) is 3.09. The number of aromatic nitrogens is 1. The molecule has 28 heavy (non-hydrogen) atoms. The van der Waals surface area contributed by atoms with Gasteiger partial charge in [-0.3, -0.25) is 0 Å². The van der Waals surface area contributed by atoms with Crippen LogP contribution in [0.3, 0.4) is 0 Å². The van der Waals surface area contributed by atoms with E-state index in [1.807, 2.05) is 41.1 Å². The molecule has 0 unspecified atom stereocenters. The fourth-order valence-corrected chi connectivity index (χ4v) is 4.93. The number of hydrazine groups is 1. The smallest absolute Gasteiger partial charge is 0.319 e. The summed E-state index contributed by atoms with van der Waals surface area (Å²) in [6.45, 7) is 3.89. The Morgan fingerprint density at radius 2 is 2.32 bits per heavy atom. The molecule has 0 saturated carbocycles. The van der Waals surface area contributed by atoms with E-state index < -0.39 is 0 Å². The van der Waals surface area contributed by atoms with Gasteiger partial charge in [0, 0.05) is 42.4 Å². The molecule has 0 spiro atoms. The van der Waals surface area contributed by atoms with Crippen LogP contribution in [0.25, 0.3) is 10.9 Å². The van der Waals surface area contributed by atoms with E-state index in [2.05, 4.69) is 26.5 Å². The van der Waals surface area contributed by atoms with Gasteiger partial charge in [0.1, 0.15) is 0 Å². The summed E-state index contributed by atoms with van der Waals surface area (Å²) in [5.41, 5.74) is 6.08. The Bertz CT molecular complexity index is 928. The van der Waals surface area contributed by atoms with Crippen LogP contribution in [0.4, 0.5) is 10.5 Å². The highest BCUT2D eigenvalue weighted by molar-refractivity contribution is 8.27. The van der Waals surface area contributed by atoms with Crippen molar-refractivity contribution >= 4 is 62.9 Å². The third kappa shape index (κ3) is 5.59. The highest BCUT2D eigenvalue weighted by Gasteiger charge is 2.17. The van der Waals surface area contributed by atoms with E-state index in [1.165, 1.54) is 0 Å².